The van der Waals surface area contributed by atoms with Crippen LogP contribution in [0.1, 0.15) is 18.5 Å². The maximum Gasteiger partial charge on any atom is 0.180 e. The second-order valence-corrected chi connectivity index (χ2v) is 6.36. The minimum atomic E-state index is 0.690. The molecule has 0 saturated carbocycles. The maximum absolute atomic E-state index is 5.64. The van der Waals surface area contributed by atoms with Gasteiger partial charge in [0.2, 0.25) is 0 Å². The van der Waals surface area contributed by atoms with Gasteiger partial charge in [-0.15, -0.1) is 11.3 Å². The van der Waals surface area contributed by atoms with Gasteiger partial charge in [0, 0.05) is 24.9 Å². The van der Waals surface area contributed by atoms with E-state index in [0.717, 1.165) is 24.6 Å². The lowest BCUT2D eigenvalue weighted by atomic mass is 9.96. The molecule has 1 saturated heterocycles. The van der Waals surface area contributed by atoms with E-state index >= 15 is 0 Å². The van der Waals surface area contributed by atoms with Gasteiger partial charge in [0.05, 0.1) is 5.69 Å². The number of rotatable bonds is 5. The molecule has 0 spiro atoms. The molecule has 0 bridgehead atoms. The first-order valence-corrected chi connectivity index (χ1v) is 7.58. The number of nitrogen functional groups attached to an aromatic ring is 1. The summed E-state index contributed by atoms with van der Waals surface area (Å²) in [6.07, 6.45) is 3.70. The Hall–Kier alpha value is -0.650. The van der Waals surface area contributed by atoms with E-state index in [0.29, 0.717) is 5.13 Å². The molecule has 1 aromatic heterocycles. The molecule has 2 N–H and O–H groups in total. The largest absolute Gasteiger partial charge is 0.375 e. The Morgan fingerprint density at radius 1 is 1.44 bits per heavy atom. The van der Waals surface area contributed by atoms with E-state index in [9.17, 15) is 0 Å². The Labute approximate surface area is 114 Å². The average molecular weight is 268 g/mol. The number of hydrogen-bond donors (Lipinski definition) is 1. The Bertz CT molecular complexity index is 356. The van der Waals surface area contributed by atoms with E-state index in [1.54, 1.807) is 11.3 Å². The van der Waals surface area contributed by atoms with Gasteiger partial charge in [0.15, 0.2) is 5.13 Å². The number of nitrogens with two attached hydrogens (primary N) is 1. The smallest absolute Gasteiger partial charge is 0.180 e. The van der Waals surface area contributed by atoms with Crippen LogP contribution in [0, 0.1) is 5.92 Å². The fourth-order valence-electron chi connectivity index (χ4n) is 2.62. The van der Waals surface area contributed by atoms with Crippen molar-refractivity contribution in [2.24, 2.45) is 5.92 Å². The predicted molar refractivity (Wildman–Crippen MR) is 77.9 cm³/mol. The van der Waals surface area contributed by atoms with E-state index in [2.05, 4.69) is 34.3 Å². The summed E-state index contributed by atoms with van der Waals surface area (Å²) in [6.45, 7) is 4.82. The van der Waals surface area contributed by atoms with E-state index in [-0.39, 0.29) is 0 Å². The number of aromatic nitrogens is 1. The maximum atomic E-state index is 5.64. The van der Waals surface area contributed by atoms with Crippen LogP contribution in [0.4, 0.5) is 5.13 Å². The fraction of sp³-hybridized carbons (Fsp3) is 0.769. The van der Waals surface area contributed by atoms with Crippen LogP contribution in [0.5, 0.6) is 0 Å². The molecule has 0 amide bonds. The third kappa shape index (κ3) is 4.23. The summed E-state index contributed by atoms with van der Waals surface area (Å²) in [4.78, 5) is 9.17. The normalized spacial score (nSPS) is 18.6. The highest BCUT2D eigenvalue weighted by Gasteiger charge is 2.19. The van der Waals surface area contributed by atoms with Gasteiger partial charge in [-0.05, 0) is 45.9 Å². The zero-order valence-electron chi connectivity index (χ0n) is 11.4. The van der Waals surface area contributed by atoms with Gasteiger partial charge >= 0.3 is 0 Å². The zero-order chi connectivity index (χ0) is 13.0. The Kier molecular flexibility index (Phi) is 4.97. The lowest BCUT2D eigenvalue weighted by molar-refractivity contribution is 0.164. The lowest BCUT2D eigenvalue weighted by Gasteiger charge is -2.33. The molecule has 4 nitrogen and oxygen atoms in total. The van der Waals surface area contributed by atoms with Crippen LogP contribution < -0.4 is 5.73 Å². The zero-order valence-corrected chi connectivity index (χ0v) is 12.2. The second kappa shape index (κ2) is 6.50. The van der Waals surface area contributed by atoms with Crippen LogP contribution in [0.15, 0.2) is 5.38 Å². The molecule has 0 radical (unpaired) electrons. The Balaban J connectivity index is 1.67. The van der Waals surface area contributed by atoms with Gasteiger partial charge in [0.1, 0.15) is 0 Å². The van der Waals surface area contributed by atoms with E-state index < -0.39 is 0 Å². The SMILES string of the molecule is CN(C)CC1CCN(CCc2csc(N)n2)CC1. The van der Waals surface area contributed by atoms with Gasteiger partial charge in [-0.1, -0.05) is 0 Å². The van der Waals surface area contributed by atoms with Crippen molar-refractivity contribution >= 4 is 16.5 Å². The summed E-state index contributed by atoms with van der Waals surface area (Å²) in [5.41, 5.74) is 6.79. The molecule has 2 heterocycles. The van der Waals surface area contributed by atoms with Crippen LogP contribution >= 0.6 is 11.3 Å². The summed E-state index contributed by atoms with van der Waals surface area (Å²) >= 11 is 1.54. The van der Waals surface area contributed by atoms with E-state index in [1.165, 1.54) is 32.5 Å². The van der Waals surface area contributed by atoms with Crippen molar-refractivity contribution in [2.75, 3.05) is 46.0 Å². The quantitative estimate of drug-likeness (QED) is 0.880. The number of anilines is 1. The van der Waals surface area contributed by atoms with E-state index in [4.69, 9.17) is 5.73 Å². The van der Waals surface area contributed by atoms with Crippen molar-refractivity contribution in [3.05, 3.63) is 11.1 Å². The fourth-order valence-corrected chi connectivity index (χ4v) is 3.22. The van der Waals surface area contributed by atoms with Crippen LogP contribution in [-0.2, 0) is 6.42 Å². The number of hydrogen-bond acceptors (Lipinski definition) is 5. The molecule has 1 aliphatic heterocycles. The van der Waals surface area contributed by atoms with Crippen molar-refractivity contribution < 1.29 is 0 Å². The molecule has 102 valence electrons. The van der Waals surface area contributed by atoms with E-state index in [1.807, 2.05) is 0 Å². The predicted octanol–water partition coefficient (Wildman–Crippen LogP) is 1.54. The molecular weight excluding hydrogens is 244 g/mol. The molecule has 1 aromatic rings. The topological polar surface area (TPSA) is 45.4 Å². The molecule has 5 heteroatoms. The molecule has 0 unspecified atom stereocenters. The van der Waals surface area contributed by atoms with Crippen LogP contribution in [0.3, 0.4) is 0 Å². The van der Waals surface area contributed by atoms with Crippen LogP contribution in [-0.4, -0.2) is 55.1 Å². The van der Waals surface area contributed by atoms with Crippen LogP contribution in [0.25, 0.3) is 0 Å². The summed E-state index contributed by atoms with van der Waals surface area (Å²) in [5.74, 6) is 0.881. The first-order chi connectivity index (χ1) is 8.63. The highest BCUT2D eigenvalue weighted by atomic mass is 32.1. The van der Waals surface area contributed by atoms with Gasteiger partial charge in [-0.2, -0.15) is 0 Å². The molecule has 18 heavy (non-hydrogen) atoms. The number of likely N-dealkylation sites (tertiary alicyclic amines) is 1. The Morgan fingerprint density at radius 2 is 2.17 bits per heavy atom. The first kappa shape index (κ1) is 13.8. The van der Waals surface area contributed by atoms with Gasteiger partial charge in [0.25, 0.3) is 0 Å². The summed E-state index contributed by atoms with van der Waals surface area (Å²) < 4.78 is 0. The van der Waals surface area contributed by atoms with Crippen molar-refractivity contribution in [1.82, 2.24) is 14.8 Å². The van der Waals surface area contributed by atoms with Crippen molar-refractivity contribution in [2.45, 2.75) is 19.3 Å². The molecule has 2 rings (SSSR count). The average Bonchev–Trinajstić information content (AvgIpc) is 2.74. The number of piperidine rings is 1. The molecular formula is C13H24N4S. The molecule has 0 aromatic carbocycles. The minimum absolute atomic E-state index is 0.690. The third-order valence-corrected chi connectivity index (χ3v) is 4.31. The van der Waals surface area contributed by atoms with Gasteiger partial charge in [-0.3, -0.25) is 0 Å². The molecule has 1 aliphatic rings. The van der Waals surface area contributed by atoms with Gasteiger partial charge < -0.3 is 15.5 Å². The summed E-state index contributed by atoms with van der Waals surface area (Å²) in [7, 11) is 4.33. The first-order valence-electron chi connectivity index (χ1n) is 6.70. The number of nitrogens with zero attached hydrogens (tertiary/aromatic N) is 3. The number of thiazole rings is 1. The molecule has 1 fully saturated rings. The lowest BCUT2D eigenvalue weighted by Crippen LogP contribution is -2.38. The third-order valence-electron chi connectivity index (χ3n) is 3.58. The highest BCUT2D eigenvalue weighted by Crippen LogP contribution is 2.18. The van der Waals surface area contributed by atoms with Crippen LogP contribution in [0.2, 0.25) is 0 Å². The second-order valence-electron chi connectivity index (χ2n) is 5.47. The standard InChI is InChI=1S/C13H24N4S/c1-16(2)9-11-3-6-17(7-4-11)8-5-12-10-18-13(14)15-12/h10-11H,3-9H2,1-2H3,(H2,14,15). The van der Waals surface area contributed by atoms with Crippen molar-refractivity contribution in [3.8, 4) is 0 Å². The molecule has 0 aliphatic carbocycles. The van der Waals surface area contributed by atoms with Gasteiger partial charge in [-0.25, -0.2) is 4.98 Å². The Morgan fingerprint density at radius 3 is 2.72 bits per heavy atom. The highest BCUT2D eigenvalue weighted by molar-refractivity contribution is 7.13. The molecule has 0 atom stereocenters. The van der Waals surface area contributed by atoms with Crippen molar-refractivity contribution in [3.63, 3.8) is 0 Å². The summed E-state index contributed by atoms with van der Waals surface area (Å²) in [5, 5.41) is 2.77. The monoisotopic (exact) mass is 268 g/mol. The van der Waals surface area contributed by atoms with Crippen molar-refractivity contribution in [1.29, 1.82) is 0 Å². The minimum Gasteiger partial charge on any atom is -0.375 e. The summed E-state index contributed by atoms with van der Waals surface area (Å²) in [6, 6.07) is 0.